The first-order chi connectivity index (χ1) is 13.4. The first kappa shape index (κ1) is 21.9. The summed E-state index contributed by atoms with van der Waals surface area (Å²) in [6, 6.07) is 12.1. The van der Waals surface area contributed by atoms with E-state index in [0.29, 0.717) is 17.3 Å². The number of alkyl halides is 3. The molecule has 0 aliphatic carbocycles. The Morgan fingerprint density at radius 3 is 2.38 bits per heavy atom. The van der Waals surface area contributed by atoms with Gasteiger partial charge in [-0.1, -0.05) is 28.1 Å². The molecule has 0 saturated heterocycles. The largest absolute Gasteiger partial charge is 0.391 e. The third-order valence-electron chi connectivity index (χ3n) is 4.55. The van der Waals surface area contributed by atoms with Gasteiger partial charge in [-0.05, 0) is 47.9 Å². The maximum atomic E-state index is 12.6. The topological polar surface area (TPSA) is 59.3 Å². The van der Waals surface area contributed by atoms with Crippen molar-refractivity contribution >= 4 is 36.7 Å². The second kappa shape index (κ2) is 8.12. The van der Waals surface area contributed by atoms with Crippen LogP contribution in [0.5, 0.6) is 0 Å². The zero-order valence-electron chi connectivity index (χ0n) is 15.4. The summed E-state index contributed by atoms with van der Waals surface area (Å²) in [5, 5.41) is 10.5. The minimum absolute atomic E-state index is 0.135. The van der Waals surface area contributed by atoms with Gasteiger partial charge in [0, 0.05) is 34.4 Å². The first-order valence-electron chi connectivity index (χ1n) is 8.73. The molecule has 0 aliphatic rings. The van der Waals surface area contributed by atoms with Crippen LogP contribution in [0.2, 0.25) is 0 Å². The lowest BCUT2D eigenvalue weighted by atomic mass is 10.0. The minimum Gasteiger partial charge on any atom is -0.391 e. The highest BCUT2D eigenvalue weighted by molar-refractivity contribution is 9.10. The Morgan fingerprint density at radius 1 is 1.14 bits per heavy atom. The van der Waals surface area contributed by atoms with Crippen LogP contribution in [0.15, 0.2) is 58.0 Å². The van der Waals surface area contributed by atoms with E-state index in [9.17, 15) is 26.7 Å². The van der Waals surface area contributed by atoms with Crippen molar-refractivity contribution in [2.24, 2.45) is 0 Å². The number of sulfone groups is 1. The lowest BCUT2D eigenvalue weighted by Gasteiger charge is -2.14. The molecule has 2 aromatic carbocycles. The third kappa shape index (κ3) is 5.61. The average Bonchev–Trinajstić information content (AvgIpc) is 2.91. The molecule has 0 aliphatic heterocycles. The molecule has 3 rings (SSSR count). The van der Waals surface area contributed by atoms with E-state index in [2.05, 4.69) is 15.9 Å². The number of benzene rings is 2. The van der Waals surface area contributed by atoms with Gasteiger partial charge < -0.3 is 9.67 Å². The molecule has 1 aromatic heterocycles. The predicted molar refractivity (Wildman–Crippen MR) is 109 cm³/mol. The van der Waals surface area contributed by atoms with Crippen LogP contribution in [-0.4, -0.2) is 36.6 Å². The molecule has 156 valence electrons. The number of rotatable bonds is 6. The SMILES string of the molecule is CS(=O)(=O)c1ccc2c(c1)c(Cc1ccc(Br)cc1)cn2CC(O)CC(F)(F)F. The fourth-order valence-corrected chi connectivity index (χ4v) is 4.17. The normalized spacial score (nSPS) is 13.7. The highest BCUT2D eigenvalue weighted by Crippen LogP contribution is 2.29. The van der Waals surface area contributed by atoms with Crippen LogP contribution < -0.4 is 0 Å². The van der Waals surface area contributed by atoms with Crippen molar-refractivity contribution in [2.75, 3.05) is 6.26 Å². The summed E-state index contributed by atoms with van der Waals surface area (Å²) in [7, 11) is -3.44. The molecule has 9 heteroatoms. The van der Waals surface area contributed by atoms with Crippen molar-refractivity contribution in [3.05, 3.63) is 64.3 Å². The molecular formula is C20H19BrF3NO3S. The van der Waals surface area contributed by atoms with Gasteiger partial charge in [0.2, 0.25) is 0 Å². The van der Waals surface area contributed by atoms with E-state index in [4.69, 9.17) is 0 Å². The summed E-state index contributed by atoms with van der Waals surface area (Å²) in [5.41, 5.74) is 2.31. The molecule has 3 aromatic rings. The maximum absolute atomic E-state index is 12.6. The summed E-state index contributed by atoms with van der Waals surface area (Å²) in [6.07, 6.45) is -4.12. The Kier molecular flexibility index (Phi) is 6.12. The van der Waals surface area contributed by atoms with E-state index in [1.165, 1.54) is 12.1 Å². The smallest absolute Gasteiger partial charge is 0.391 e. The number of fused-ring (bicyclic) bond motifs is 1. The van der Waals surface area contributed by atoms with Crippen molar-refractivity contribution in [3.8, 4) is 0 Å². The Hall–Kier alpha value is -1.84. The highest BCUT2D eigenvalue weighted by atomic mass is 79.9. The summed E-state index contributed by atoms with van der Waals surface area (Å²) in [5.74, 6) is 0. The third-order valence-corrected chi connectivity index (χ3v) is 6.18. The van der Waals surface area contributed by atoms with Gasteiger partial charge in [-0.25, -0.2) is 8.42 Å². The molecular weight excluding hydrogens is 471 g/mol. The summed E-state index contributed by atoms with van der Waals surface area (Å²) in [4.78, 5) is 0.135. The van der Waals surface area contributed by atoms with Gasteiger partial charge in [0.15, 0.2) is 9.84 Å². The molecule has 0 saturated carbocycles. The van der Waals surface area contributed by atoms with Crippen molar-refractivity contribution in [1.82, 2.24) is 4.57 Å². The number of hydrogen-bond donors (Lipinski definition) is 1. The number of hydrogen-bond acceptors (Lipinski definition) is 3. The molecule has 0 amide bonds. The lowest BCUT2D eigenvalue weighted by Crippen LogP contribution is -2.23. The fourth-order valence-electron chi connectivity index (χ4n) is 3.25. The number of aromatic nitrogens is 1. The van der Waals surface area contributed by atoms with Crippen molar-refractivity contribution in [3.63, 3.8) is 0 Å². The van der Waals surface area contributed by atoms with Gasteiger partial charge in [-0.15, -0.1) is 0 Å². The van der Waals surface area contributed by atoms with Crippen LogP contribution in [0, 0.1) is 0 Å². The zero-order chi connectivity index (χ0) is 21.4. The Labute approximate surface area is 175 Å². The summed E-state index contributed by atoms with van der Waals surface area (Å²) >= 11 is 3.37. The number of aliphatic hydroxyl groups is 1. The Bertz CT molecular complexity index is 1120. The molecule has 1 N–H and O–H groups in total. The fraction of sp³-hybridized carbons (Fsp3) is 0.300. The van der Waals surface area contributed by atoms with E-state index in [-0.39, 0.29) is 11.4 Å². The molecule has 0 spiro atoms. The second-order valence-electron chi connectivity index (χ2n) is 7.03. The number of halogens is 4. The molecule has 0 radical (unpaired) electrons. The van der Waals surface area contributed by atoms with E-state index >= 15 is 0 Å². The van der Waals surface area contributed by atoms with E-state index < -0.39 is 28.5 Å². The summed E-state index contributed by atoms with van der Waals surface area (Å²) in [6.45, 7) is -0.241. The van der Waals surface area contributed by atoms with Gasteiger partial charge in [0.05, 0.1) is 17.4 Å². The van der Waals surface area contributed by atoms with Crippen molar-refractivity contribution < 1.29 is 26.7 Å². The van der Waals surface area contributed by atoms with Crippen LogP contribution in [0.3, 0.4) is 0 Å². The predicted octanol–water partition coefficient (Wildman–Crippen LogP) is 4.71. The van der Waals surface area contributed by atoms with Gasteiger partial charge in [0.25, 0.3) is 0 Å². The van der Waals surface area contributed by atoms with Gasteiger partial charge in [-0.2, -0.15) is 13.2 Å². The number of aliphatic hydroxyl groups excluding tert-OH is 1. The lowest BCUT2D eigenvalue weighted by molar-refractivity contribution is -0.154. The van der Waals surface area contributed by atoms with E-state index in [1.807, 2.05) is 24.3 Å². The Morgan fingerprint density at radius 2 is 1.79 bits per heavy atom. The van der Waals surface area contributed by atoms with Crippen molar-refractivity contribution in [1.29, 1.82) is 0 Å². The molecule has 0 bridgehead atoms. The van der Waals surface area contributed by atoms with Gasteiger partial charge >= 0.3 is 6.18 Å². The highest BCUT2D eigenvalue weighted by Gasteiger charge is 2.31. The minimum atomic E-state index is -4.47. The van der Waals surface area contributed by atoms with E-state index in [0.717, 1.165) is 21.9 Å². The number of nitrogens with zero attached hydrogens (tertiary/aromatic N) is 1. The molecule has 29 heavy (non-hydrogen) atoms. The summed E-state index contributed by atoms with van der Waals surface area (Å²) < 4.78 is 64.1. The average molecular weight is 490 g/mol. The zero-order valence-corrected chi connectivity index (χ0v) is 17.9. The monoisotopic (exact) mass is 489 g/mol. The quantitative estimate of drug-likeness (QED) is 0.545. The molecule has 1 unspecified atom stereocenters. The maximum Gasteiger partial charge on any atom is 0.391 e. The second-order valence-corrected chi connectivity index (χ2v) is 9.97. The van der Waals surface area contributed by atoms with Gasteiger partial charge in [-0.3, -0.25) is 0 Å². The standard InChI is InChI=1S/C20H19BrF3NO3S/c1-29(27,28)17-6-7-19-18(9-17)14(8-13-2-4-15(21)5-3-13)11-25(19)12-16(26)10-20(22,23)24/h2-7,9,11,16,26H,8,10,12H2,1H3. The molecule has 1 heterocycles. The van der Waals surface area contributed by atoms with Crippen LogP contribution in [-0.2, 0) is 22.8 Å². The van der Waals surface area contributed by atoms with Crippen LogP contribution in [0.4, 0.5) is 13.2 Å². The van der Waals surface area contributed by atoms with Crippen molar-refractivity contribution in [2.45, 2.75) is 36.6 Å². The van der Waals surface area contributed by atoms with Crippen LogP contribution >= 0.6 is 15.9 Å². The first-order valence-corrected chi connectivity index (χ1v) is 11.4. The van der Waals surface area contributed by atoms with Gasteiger partial charge in [0.1, 0.15) is 0 Å². The molecule has 1 atom stereocenters. The molecule has 0 fully saturated rings. The Balaban J connectivity index is 2.04. The molecule has 4 nitrogen and oxygen atoms in total. The van der Waals surface area contributed by atoms with Crippen LogP contribution in [0.1, 0.15) is 17.5 Å². The van der Waals surface area contributed by atoms with E-state index in [1.54, 1.807) is 16.8 Å². The van der Waals surface area contributed by atoms with Crippen LogP contribution in [0.25, 0.3) is 10.9 Å².